The molecule has 1 aliphatic carbocycles. The fraction of sp³-hybridized carbons (Fsp3) is 0.318. The van der Waals surface area contributed by atoms with E-state index in [1.54, 1.807) is 11.5 Å². The van der Waals surface area contributed by atoms with Gasteiger partial charge in [0.1, 0.15) is 10.6 Å². The van der Waals surface area contributed by atoms with Crippen LogP contribution in [0.3, 0.4) is 0 Å². The molecule has 1 heterocycles. The zero-order valence-electron chi connectivity index (χ0n) is 16.5. The van der Waals surface area contributed by atoms with Crippen LogP contribution in [0, 0.1) is 25.7 Å². The number of carbonyl (C=O) groups excluding carboxylic acids is 2. The molecule has 1 aliphatic rings. The van der Waals surface area contributed by atoms with Crippen molar-refractivity contribution in [3.8, 4) is 11.1 Å². The lowest BCUT2D eigenvalue weighted by molar-refractivity contribution is -0.146. The predicted octanol–water partition coefficient (Wildman–Crippen LogP) is 4.42. The van der Waals surface area contributed by atoms with Crippen molar-refractivity contribution in [3.63, 3.8) is 0 Å². The van der Waals surface area contributed by atoms with Crippen LogP contribution < -0.4 is 5.32 Å². The van der Waals surface area contributed by atoms with Gasteiger partial charge in [-0.1, -0.05) is 30.4 Å². The highest BCUT2D eigenvalue weighted by Crippen LogP contribution is 2.38. The first kappa shape index (κ1) is 20.8. The summed E-state index contributed by atoms with van der Waals surface area (Å²) in [6.07, 6.45) is 4.27. The monoisotopic (exact) mass is 413 g/mol. The Balaban J connectivity index is 1.95. The minimum atomic E-state index is -0.996. The molecular formula is C22H23NO5S. The van der Waals surface area contributed by atoms with Crippen LogP contribution in [-0.4, -0.2) is 30.1 Å². The number of anilines is 1. The van der Waals surface area contributed by atoms with E-state index in [0.717, 1.165) is 16.7 Å². The normalized spacial score (nSPS) is 18.3. The van der Waals surface area contributed by atoms with Gasteiger partial charge in [0.05, 0.1) is 18.9 Å². The fourth-order valence-corrected chi connectivity index (χ4v) is 4.42. The van der Waals surface area contributed by atoms with Gasteiger partial charge in [0.2, 0.25) is 5.91 Å². The van der Waals surface area contributed by atoms with Gasteiger partial charge in [-0.25, -0.2) is 4.79 Å². The number of hydrogen-bond acceptors (Lipinski definition) is 5. The second-order valence-electron chi connectivity index (χ2n) is 7.13. The number of aliphatic carboxylic acids is 1. The first-order valence-electron chi connectivity index (χ1n) is 9.29. The molecule has 29 heavy (non-hydrogen) atoms. The van der Waals surface area contributed by atoms with Gasteiger partial charge in [0.25, 0.3) is 0 Å². The Labute approximate surface area is 173 Å². The molecule has 0 radical (unpaired) electrons. The minimum Gasteiger partial charge on any atom is -0.481 e. The third-order valence-electron chi connectivity index (χ3n) is 5.32. The molecule has 0 spiro atoms. The average Bonchev–Trinajstić information content (AvgIpc) is 3.12. The zero-order chi connectivity index (χ0) is 21.1. The third-order valence-corrected chi connectivity index (χ3v) is 6.22. The van der Waals surface area contributed by atoms with Crippen molar-refractivity contribution in [1.29, 1.82) is 0 Å². The van der Waals surface area contributed by atoms with Gasteiger partial charge in [-0.15, -0.1) is 11.3 Å². The van der Waals surface area contributed by atoms with E-state index in [1.807, 2.05) is 38.1 Å². The van der Waals surface area contributed by atoms with Gasteiger partial charge < -0.3 is 15.2 Å². The highest BCUT2D eigenvalue weighted by molar-refractivity contribution is 7.15. The first-order chi connectivity index (χ1) is 13.8. The molecule has 2 aromatic rings. The molecule has 0 saturated heterocycles. The van der Waals surface area contributed by atoms with E-state index >= 15 is 0 Å². The molecule has 1 amide bonds. The number of benzene rings is 1. The Hall–Kier alpha value is -2.93. The fourth-order valence-electron chi connectivity index (χ4n) is 3.46. The molecule has 0 bridgehead atoms. The lowest BCUT2D eigenvalue weighted by atomic mass is 9.82. The Morgan fingerprint density at radius 1 is 1.10 bits per heavy atom. The number of hydrogen-bond donors (Lipinski definition) is 2. The molecule has 0 saturated carbocycles. The van der Waals surface area contributed by atoms with Gasteiger partial charge in [-0.3, -0.25) is 9.59 Å². The average molecular weight is 413 g/mol. The number of esters is 1. The van der Waals surface area contributed by atoms with E-state index in [2.05, 4.69) is 5.32 Å². The summed E-state index contributed by atoms with van der Waals surface area (Å²) < 4.78 is 4.95. The van der Waals surface area contributed by atoms with Crippen LogP contribution in [0.15, 0.2) is 35.7 Å². The summed E-state index contributed by atoms with van der Waals surface area (Å²) in [4.78, 5) is 36.8. The van der Waals surface area contributed by atoms with Crippen LogP contribution in [0.5, 0.6) is 0 Å². The van der Waals surface area contributed by atoms with E-state index in [4.69, 9.17) is 4.74 Å². The van der Waals surface area contributed by atoms with E-state index < -0.39 is 29.7 Å². The third kappa shape index (κ3) is 4.24. The van der Waals surface area contributed by atoms with Crippen LogP contribution in [0.1, 0.15) is 34.3 Å². The molecule has 1 aromatic carbocycles. The van der Waals surface area contributed by atoms with Crippen molar-refractivity contribution in [1.82, 2.24) is 0 Å². The summed E-state index contributed by atoms with van der Waals surface area (Å²) in [7, 11) is 1.29. The van der Waals surface area contributed by atoms with Crippen molar-refractivity contribution >= 4 is 34.2 Å². The molecule has 6 nitrogen and oxygen atoms in total. The molecule has 2 N–H and O–H groups in total. The topological polar surface area (TPSA) is 92.7 Å². The lowest BCUT2D eigenvalue weighted by Crippen LogP contribution is -2.34. The van der Waals surface area contributed by atoms with Gasteiger partial charge in [-0.2, -0.15) is 0 Å². The SMILES string of the molecule is COC(=O)c1c(-c2ccc(C)c(C)c2)csc1NC(=O)[C@H]1CC=CC[C@H]1C(=O)O. The molecule has 0 unspecified atom stereocenters. The smallest absolute Gasteiger partial charge is 0.341 e. The Morgan fingerprint density at radius 3 is 2.41 bits per heavy atom. The van der Waals surface area contributed by atoms with Crippen molar-refractivity contribution in [3.05, 3.63) is 52.4 Å². The van der Waals surface area contributed by atoms with Crippen molar-refractivity contribution < 1.29 is 24.2 Å². The summed E-state index contributed by atoms with van der Waals surface area (Å²) in [5.41, 5.74) is 4.05. The maximum absolute atomic E-state index is 12.8. The van der Waals surface area contributed by atoms with Crippen LogP contribution in [0.25, 0.3) is 11.1 Å². The quantitative estimate of drug-likeness (QED) is 0.559. The second kappa shape index (κ2) is 8.61. The molecule has 152 valence electrons. The van der Waals surface area contributed by atoms with Crippen molar-refractivity contribution in [2.24, 2.45) is 11.8 Å². The molecule has 3 rings (SSSR count). The van der Waals surface area contributed by atoms with Gasteiger partial charge in [0, 0.05) is 10.9 Å². The molecule has 1 aromatic heterocycles. The number of allylic oxidation sites excluding steroid dienone is 2. The number of amides is 1. The van der Waals surface area contributed by atoms with Crippen LogP contribution in [0.2, 0.25) is 0 Å². The Bertz CT molecular complexity index is 991. The van der Waals surface area contributed by atoms with Crippen LogP contribution in [-0.2, 0) is 14.3 Å². The van der Waals surface area contributed by atoms with Crippen LogP contribution >= 0.6 is 11.3 Å². The van der Waals surface area contributed by atoms with Gasteiger partial charge in [0.15, 0.2) is 0 Å². The number of nitrogens with one attached hydrogen (secondary N) is 1. The number of rotatable bonds is 5. The number of ether oxygens (including phenoxy) is 1. The Kier molecular flexibility index (Phi) is 6.17. The second-order valence-corrected chi connectivity index (χ2v) is 8.01. The van der Waals surface area contributed by atoms with Crippen LogP contribution in [0.4, 0.5) is 5.00 Å². The Morgan fingerprint density at radius 2 is 1.79 bits per heavy atom. The summed E-state index contributed by atoms with van der Waals surface area (Å²) >= 11 is 1.23. The summed E-state index contributed by atoms with van der Waals surface area (Å²) in [6.45, 7) is 4.01. The molecule has 7 heteroatoms. The number of carboxylic acids is 1. The van der Waals surface area contributed by atoms with E-state index in [-0.39, 0.29) is 5.56 Å². The highest BCUT2D eigenvalue weighted by atomic mass is 32.1. The molecular weight excluding hydrogens is 390 g/mol. The number of carboxylic acid groups (broad SMARTS) is 1. The standard InChI is InChI=1S/C22H23NO5S/c1-12-8-9-14(10-13(12)2)17-11-29-20(18(17)22(27)28-3)23-19(24)15-6-4-5-7-16(15)21(25)26/h4-5,8-11,15-16H,6-7H2,1-3H3,(H,23,24)(H,25,26)/t15-,16+/m0/s1. The zero-order valence-corrected chi connectivity index (χ0v) is 17.3. The summed E-state index contributed by atoms with van der Waals surface area (Å²) in [5, 5.41) is 14.4. The lowest BCUT2D eigenvalue weighted by Gasteiger charge is -2.24. The minimum absolute atomic E-state index is 0.285. The summed E-state index contributed by atoms with van der Waals surface area (Å²) in [5.74, 6) is -3.41. The van der Waals surface area contributed by atoms with Gasteiger partial charge in [-0.05, 0) is 43.4 Å². The van der Waals surface area contributed by atoms with E-state index in [0.29, 0.717) is 23.4 Å². The number of thiophene rings is 1. The number of aryl methyl sites for hydroxylation is 2. The maximum Gasteiger partial charge on any atom is 0.341 e. The van der Waals surface area contributed by atoms with E-state index in [1.165, 1.54) is 18.4 Å². The molecule has 0 fully saturated rings. The van der Waals surface area contributed by atoms with Crippen molar-refractivity contribution in [2.75, 3.05) is 12.4 Å². The van der Waals surface area contributed by atoms with E-state index in [9.17, 15) is 19.5 Å². The molecule has 0 aliphatic heterocycles. The van der Waals surface area contributed by atoms with Crippen molar-refractivity contribution in [2.45, 2.75) is 26.7 Å². The summed E-state index contributed by atoms with van der Waals surface area (Å²) in [6, 6.07) is 5.89. The van der Waals surface area contributed by atoms with Gasteiger partial charge >= 0.3 is 11.9 Å². The number of methoxy groups -OCH3 is 1. The first-order valence-corrected chi connectivity index (χ1v) is 10.2. The highest BCUT2D eigenvalue weighted by Gasteiger charge is 2.35. The molecule has 2 atom stereocenters. The predicted molar refractivity (Wildman–Crippen MR) is 112 cm³/mol. The largest absolute Gasteiger partial charge is 0.481 e. The maximum atomic E-state index is 12.8. The number of carbonyl (C=O) groups is 3.